The van der Waals surface area contributed by atoms with Crippen LogP contribution >= 0.6 is 11.6 Å². The van der Waals surface area contributed by atoms with Crippen molar-refractivity contribution in [2.45, 2.75) is 20.3 Å². The van der Waals surface area contributed by atoms with Crippen LogP contribution in [0.25, 0.3) is 0 Å². The van der Waals surface area contributed by atoms with E-state index in [9.17, 15) is 22.8 Å². The van der Waals surface area contributed by atoms with Crippen LogP contribution in [0.15, 0.2) is 36.4 Å². The van der Waals surface area contributed by atoms with Crippen molar-refractivity contribution in [3.63, 3.8) is 0 Å². The first-order chi connectivity index (χ1) is 12.6. The molecule has 0 fully saturated rings. The summed E-state index contributed by atoms with van der Waals surface area (Å²) in [7, 11) is 0. The average molecular weight is 399 g/mol. The number of amides is 2. The second-order valence-corrected chi connectivity index (χ2v) is 6.87. The number of nitrogens with one attached hydrogen (secondary N) is 2. The van der Waals surface area contributed by atoms with Gasteiger partial charge in [-0.2, -0.15) is 0 Å². The molecule has 0 spiro atoms. The van der Waals surface area contributed by atoms with Crippen molar-refractivity contribution in [2.24, 2.45) is 5.41 Å². The summed E-state index contributed by atoms with van der Waals surface area (Å²) < 4.78 is 39.9. The Kier molecular flexibility index (Phi) is 6.49. The topological polar surface area (TPSA) is 58.2 Å². The van der Waals surface area contributed by atoms with Gasteiger partial charge < -0.3 is 10.6 Å². The molecule has 0 aliphatic rings. The van der Waals surface area contributed by atoms with Crippen molar-refractivity contribution in [1.29, 1.82) is 0 Å². The summed E-state index contributed by atoms with van der Waals surface area (Å²) in [4.78, 5) is 24.7. The minimum Gasteiger partial charge on any atom is -0.355 e. The SMILES string of the molecule is CC(C)(C(=O)NCCc1ccc(Cl)cc1)C(=O)Nc1ccc(F)c(F)c1F. The maximum Gasteiger partial charge on any atom is 0.239 e. The molecule has 27 heavy (non-hydrogen) atoms. The normalized spacial score (nSPS) is 11.2. The largest absolute Gasteiger partial charge is 0.355 e. The van der Waals surface area contributed by atoms with Crippen LogP contribution in [-0.4, -0.2) is 18.4 Å². The van der Waals surface area contributed by atoms with Crippen LogP contribution < -0.4 is 10.6 Å². The Hall–Kier alpha value is -2.54. The van der Waals surface area contributed by atoms with Crippen molar-refractivity contribution in [1.82, 2.24) is 5.32 Å². The standard InChI is InChI=1S/C19H18ClF3N2O2/c1-19(2,17(26)24-10-9-11-3-5-12(20)6-4-11)18(27)25-14-8-7-13(21)15(22)16(14)23/h3-8H,9-10H2,1-2H3,(H,24,26)(H,25,27). The van der Waals surface area contributed by atoms with E-state index in [1.54, 1.807) is 12.1 Å². The fourth-order valence-corrected chi connectivity index (χ4v) is 2.32. The molecule has 0 aromatic heterocycles. The number of carbonyl (C=O) groups is 2. The Bertz CT molecular complexity index is 855. The molecule has 2 amide bonds. The smallest absolute Gasteiger partial charge is 0.239 e. The number of hydrogen-bond donors (Lipinski definition) is 2. The molecular formula is C19H18ClF3N2O2. The Morgan fingerprint density at radius 3 is 2.22 bits per heavy atom. The van der Waals surface area contributed by atoms with Gasteiger partial charge in [-0.1, -0.05) is 23.7 Å². The molecule has 0 unspecified atom stereocenters. The van der Waals surface area contributed by atoms with E-state index in [4.69, 9.17) is 11.6 Å². The van der Waals surface area contributed by atoms with Crippen molar-refractivity contribution in [3.05, 3.63) is 64.4 Å². The Labute approximate surface area is 159 Å². The van der Waals surface area contributed by atoms with E-state index < -0.39 is 40.4 Å². The van der Waals surface area contributed by atoms with Crippen LogP contribution in [0.3, 0.4) is 0 Å². The summed E-state index contributed by atoms with van der Waals surface area (Å²) in [6.45, 7) is 2.96. The zero-order chi connectivity index (χ0) is 20.2. The molecule has 0 saturated heterocycles. The number of carbonyl (C=O) groups excluding carboxylic acids is 2. The van der Waals surface area contributed by atoms with Crippen LogP contribution in [0.5, 0.6) is 0 Å². The first-order valence-corrected chi connectivity index (χ1v) is 8.48. The van der Waals surface area contributed by atoms with E-state index >= 15 is 0 Å². The van der Waals surface area contributed by atoms with E-state index in [0.29, 0.717) is 17.5 Å². The van der Waals surface area contributed by atoms with E-state index in [-0.39, 0.29) is 6.54 Å². The molecule has 0 saturated carbocycles. The predicted octanol–water partition coefficient (Wildman–Crippen LogP) is 4.08. The lowest BCUT2D eigenvalue weighted by molar-refractivity contribution is -0.138. The van der Waals surface area contributed by atoms with Crippen LogP contribution in [-0.2, 0) is 16.0 Å². The van der Waals surface area contributed by atoms with Gasteiger partial charge in [-0.3, -0.25) is 9.59 Å². The highest BCUT2D eigenvalue weighted by Gasteiger charge is 2.36. The first-order valence-electron chi connectivity index (χ1n) is 8.10. The van der Waals surface area contributed by atoms with Gasteiger partial charge in [0, 0.05) is 11.6 Å². The highest BCUT2D eigenvalue weighted by atomic mass is 35.5. The molecule has 2 rings (SSSR count). The van der Waals surface area contributed by atoms with Gasteiger partial charge in [0.15, 0.2) is 17.5 Å². The number of anilines is 1. The quantitative estimate of drug-likeness (QED) is 0.569. The van der Waals surface area contributed by atoms with Crippen molar-refractivity contribution < 1.29 is 22.8 Å². The molecule has 8 heteroatoms. The summed E-state index contributed by atoms with van der Waals surface area (Å²) in [6, 6.07) is 8.67. The Balaban J connectivity index is 1.97. The van der Waals surface area contributed by atoms with E-state index in [1.807, 2.05) is 12.1 Å². The summed E-state index contributed by atoms with van der Waals surface area (Å²) in [5.74, 6) is -6.03. The zero-order valence-electron chi connectivity index (χ0n) is 14.7. The molecule has 4 nitrogen and oxygen atoms in total. The zero-order valence-corrected chi connectivity index (χ0v) is 15.5. The van der Waals surface area contributed by atoms with Gasteiger partial charge in [0.05, 0.1) is 5.69 Å². The summed E-state index contributed by atoms with van der Waals surface area (Å²) in [6.07, 6.45) is 0.526. The maximum atomic E-state index is 13.7. The van der Waals surface area contributed by atoms with Crippen LogP contribution in [0.2, 0.25) is 5.02 Å². The van der Waals surface area contributed by atoms with Crippen LogP contribution in [0.4, 0.5) is 18.9 Å². The minimum atomic E-state index is -1.70. The highest BCUT2D eigenvalue weighted by Crippen LogP contribution is 2.23. The number of halogens is 4. The van der Waals surface area contributed by atoms with Crippen LogP contribution in [0, 0.1) is 22.9 Å². The van der Waals surface area contributed by atoms with Crippen molar-refractivity contribution in [3.8, 4) is 0 Å². The second-order valence-electron chi connectivity index (χ2n) is 6.43. The number of benzene rings is 2. The molecule has 144 valence electrons. The molecule has 2 N–H and O–H groups in total. The highest BCUT2D eigenvalue weighted by molar-refractivity contribution is 6.30. The van der Waals surface area contributed by atoms with E-state index in [2.05, 4.69) is 10.6 Å². The average Bonchev–Trinajstić information content (AvgIpc) is 2.63. The number of rotatable bonds is 6. The summed E-state index contributed by atoms with van der Waals surface area (Å²) >= 11 is 5.80. The fourth-order valence-electron chi connectivity index (χ4n) is 2.20. The second kappa shape index (κ2) is 8.43. The minimum absolute atomic E-state index is 0.275. The van der Waals surface area contributed by atoms with Gasteiger partial charge >= 0.3 is 0 Å². The van der Waals surface area contributed by atoms with Crippen molar-refractivity contribution >= 4 is 29.1 Å². The molecule has 0 radical (unpaired) electrons. The van der Waals surface area contributed by atoms with Gasteiger partial charge in [-0.05, 0) is 50.1 Å². The molecule has 0 heterocycles. The van der Waals surface area contributed by atoms with Crippen LogP contribution in [0.1, 0.15) is 19.4 Å². The first kappa shape index (κ1) is 20.8. The molecule has 2 aromatic rings. The summed E-state index contributed by atoms with van der Waals surface area (Å²) in [5.41, 5.74) is -1.15. The molecule has 0 aliphatic carbocycles. The maximum absolute atomic E-state index is 13.7. The fraction of sp³-hybridized carbons (Fsp3) is 0.263. The van der Waals surface area contributed by atoms with Gasteiger partial charge in [-0.15, -0.1) is 0 Å². The lowest BCUT2D eigenvalue weighted by atomic mass is 9.90. The van der Waals surface area contributed by atoms with Gasteiger partial charge in [0.1, 0.15) is 5.41 Å². The van der Waals surface area contributed by atoms with E-state index in [0.717, 1.165) is 11.6 Å². The molecule has 2 aromatic carbocycles. The summed E-state index contributed by atoms with van der Waals surface area (Å²) in [5, 5.41) is 5.35. The van der Waals surface area contributed by atoms with Crippen molar-refractivity contribution in [2.75, 3.05) is 11.9 Å². The Morgan fingerprint density at radius 1 is 0.963 bits per heavy atom. The third kappa shape index (κ3) is 5.01. The molecule has 0 bridgehead atoms. The van der Waals surface area contributed by atoms with Gasteiger partial charge in [0.25, 0.3) is 0 Å². The Morgan fingerprint density at radius 2 is 1.59 bits per heavy atom. The molecule has 0 aliphatic heterocycles. The number of hydrogen-bond acceptors (Lipinski definition) is 2. The lowest BCUT2D eigenvalue weighted by Gasteiger charge is -2.23. The third-order valence-corrected chi connectivity index (χ3v) is 4.28. The molecular weight excluding hydrogens is 381 g/mol. The third-order valence-electron chi connectivity index (χ3n) is 4.03. The lowest BCUT2D eigenvalue weighted by Crippen LogP contribution is -2.45. The monoisotopic (exact) mass is 398 g/mol. The van der Waals surface area contributed by atoms with Gasteiger partial charge in [-0.25, -0.2) is 13.2 Å². The van der Waals surface area contributed by atoms with E-state index in [1.165, 1.54) is 13.8 Å². The van der Waals surface area contributed by atoms with Gasteiger partial charge in [0.2, 0.25) is 11.8 Å². The predicted molar refractivity (Wildman–Crippen MR) is 96.9 cm³/mol. The molecule has 0 atom stereocenters.